The van der Waals surface area contributed by atoms with Gasteiger partial charge in [0, 0.05) is 21.4 Å². The average Bonchev–Trinajstić information content (AvgIpc) is 2.79. The van der Waals surface area contributed by atoms with Gasteiger partial charge in [0.1, 0.15) is 6.61 Å². The number of halogens is 2. The lowest BCUT2D eigenvalue weighted by Crippen LogP contribution is -2.06. The Labute approximate surface area is 202 Å². The highest BCUT2D eigenvalue weighted by molar-refractivity contribution is 8.13. The molecule has 0 heterocycles. The monoisotopic (exact) mass is 487 g/mol. The van der Waals surface area contributed by atoms with E-state index in [1.807, 2.05) is 55.5 Å². The summed E-state index contributed by atoms with van der Waals surface area (Å²) in [5, 5.41) is 9.65. The Kier molecular flexibility index (Phi) is 9.28. The maximum atomic E-state index is 6.22. The van der Waals surface area contributed by atoms with Gasteiger partial charge < -0.3 is 15.2 Å². The number of amidine groups is 1. The molecule has 0 amide bonds. The first-order chi connectivity index (χ1) is 15.6. The zero-order valence-electron chi connectivity index (χ0n) is 17.5. The van der Waals surface area contributed by atoms with Crippen LogP contribution in [0.3, 0.4) is 0 Å². The van der Waals surface area contributed by atoms with Crippen LogP contribution in [0.4, 0.5) is 0 Å². The van der Waals surface area contributed by atoms with E-state index in [2.05, 4.69) is 10.2 Å². The minimum atomic E-state index is 0.228. The first-order valence-corrected chi connectivity index (χ1v) is 11.7. The Bertz CT molecular complexity index is 1070. The molecular weight excluding hydrogens is 465 g/mol. The lowest BCUT2D eigenvalue weighted by Gasteiger charge is -2.14. The maximum absolute atomic E-state index is 6.22. The molecule has 0 bridgehead atoms. The summed E-state index contributed by atoms with van der Waals surface area (Å²) in [6.45, 7) is 2.63. The van der Waals surface area contributed by atoms with Crippen molar-refractivity contribution in [1.29, 1.82) is 0 Å². The van der Waals surface area contributed by atoms with Gasteiger partial charge in [-0.1, -0.05) is 71.4 Å². The number of hydrogen-bond donors (Lipinski definition) is 1. The number of nitrogens with two attached hydrogens (primary N) is 1. The number of benzene rings is 3. The van der Waals surface area contributed by atoms with Crippen molar-refractivity contribution in [3.05, 3.63) is 93.5 Å². The SMILES string of the molecule is CCOc1cc(C=NN=C(N)SCc2ccccc2)ccc1OCc1c(Cl)cccc1Cl. The second-order valence-corrected chi connectivity index (χ2v) is 8.40. The van der Waals surface area contributed by atoms with Gasteiger partial charge in [-0.25, -0.2) is 0 Å². The van der Waals surface area contributed by atoms with Crippen LogP contribution < -0.4 is 15.2 Å². The van der Waals surface area contributed by atoms with Crippen LogP contribution in [0, 0.1) is 0 Å². The van der Waals surface area contributed by atoms with Crippen molar-refractivity contribution in [2.75, 3.05) is 6.61 Å². The number of ether oxygens (including phenoxy) is 2. The predicted octanol–water partition coefficient (Wildman–Crippen LogP) is 6.55. The molecule has 0 saturated carbocycles. The van der Waals surface area contributed by atoms with Crippen molar-refractivity contribution in [2.24, 2.45) is 15.9 Å². The van der Waals surface area contributed by atoms with Crippen LogP contribution in [-0.2, 0) is 12.4 Å². The van der Waals surface area contributed by atoms with Crippen LogP contribution in [0.25, 0.3) is 0 Å². The standard InChI is InChI=1S/C24H23Cl2N3O2S/c1-2-30-23-13-18(14-28-29-24(27)32-16-17-7-4-3-5-8-17)11-12-22(23)31-15-19-20(25)9-6-10-21(19)26/h3-14H,2,15-16H2,1H3,(H2,27,29). The van der Waals surface area contributed by atoms with E-state index in [0.717, 1.165) is 16.9 Å². The van der Waals surface area contributed by atoms with Crippen molar-refractivity contribution >= 4 is 46.3 Å². The molecule has 3 aromatic rings. The number of hydrogen-bond acceptors (Lipinski definition) is 5. The highest BCUT2D eigenvalue weighted by Gasteiger charge is 2.10. The predicted molar refractivity (Wildman–Crippen MR) is 135 cm³/mol. The van der Waals surface area contributed by atoms with E-state index in [1.165, 1.54) is 17.3 Å². The van der Waals surface area contributed by atoms with Crippen LogP contribution in [-0.4, -0.2) is 18.0 Å². The quantitative estimate of drug-likeness (QED) is 0.211. The fourth-order valence-corrected chi connectivity index (χ4v) is 3.84. The molecule has 5 nitrogen and oxygen atoms in total. The third-order valence-electron chi connectivity index (χ3n) is 4.29. The van der Waals surface area contributed by atoms with E-state index >= 15 is 0 Å². The Morgan fingerprint density at radius 3 is 2.44 bits per heavy atom. The molecule has 2 N–H and O–H groups in total. The second kappa shape index (κ2) is 12.4. The van der Waals surface area contributed by atoms with Crippen LogP contribution in [0.15, 0.2) is 76.9 Å². The molecule has 0 saturated heterocycles. The largest absolute Gasteiger partial charge is 0.490 e. The summed E-state index contributed by atoms with van der Waals surface area (Å²) in [7, 11) is 0. The Balaban J connectivity index is 1.64. The van der Waals surface area contributed by atoms with Crippen molar-refractivity contribution in [3.63, 3.8) is 0 Å². The average molecular weight is 488 g/mol. The van der Waals surface area contributed by atoms with Gasteiger partial charge in [-0.3, -0.25) is 0 Å². The molecule has 0 fully saturated rings. The summed E-state index contributed by atoms with van der Waals surface area (Å²) in [4.78, 5) is 0. The zero-order valence-corrected chi connectivity index (χ0v) is 19.8. The Morgan fingerprint density at radius 2 is 1.72 bits per heavy atom. The van der Waals surface area contributed by atoms with Crippen LogP contribution in [0.1, 0.15) is 23.6 Å². The molecule has 0 spiro atoms. The van der Waals surface area contributed by atoms with Gasteiger partial charge >= 0.3 is 0 Å². The van der Waals surface area contributed by atoms with Gasteiger partial charge in [0.25, 0.3) is 0 Å². The molecule has 0 aromatic heterocycles. The van der Waals surface area contributed by atoms with Crippen molar-refractivity contribution in [1.82, 2.24) is 0 Å². The molecule has 0 unspecified atom stereocenters. The molecular formula is C24H23Cl2N3O2S. The van der Waals surface area contributed by atoms with Gasteiger partial charge in [0.15, 0.2) is 16.7 Å². The number of rotatable bonds is 9. The summed E-state index contributed by atoms with van der Waals surface area (Å²) < 4.78 is 11.6. The van der Waals surface area contributed by atoms with E-state index in [1.54, 1.807) is 24.4 Å². The summed E-state index contributed by atoms with van der Waals surface area (Å²) in [6, 6.07) is 20.9. The van der Waals surface area contributed by atoms with Gasteiger partial charge in [-0.2, -0.15) is 5.10 Å². The second-order valence-electron chi connectivity index (χ2n) is 6.59. The molecule has 0 atom stereocenters. The van der Waals surface area contributed by atoms with Crippen molar-refractivity contribution in [3.8, 4) is 11.5 Å². The topological polar surface area (TPSA) is 69.2 Å². The number of thioether (sulfide) groups is 1. The summed E-state index contributed by atoms with van der Waals surface area (Å²) in [5.74, 6) is 1.92. The molecule has 32 heavy (non-hydrogen) atoms. The van der Waals surface area contributed by atoms with Crippen LogP contribution in [0.2, 0.25) is 10.0 Å². The third kappa shape index (κ3) is 7.19. The smallest absolute Gasteiger partial charge is 0.180 e. The highest BCUT2D eigenvalue weighted by atomic mass is 35.5. The lowest BCUT2D eigenvalue weighted by molar-refractivity contribution is 0.269. The Hall–Kier alpha value is -2.67. The number of nitrogens with zero attached hydrogens (tertiary/aromatic N) is 2. The fraction of sp³-hybridized carbons (Fsp3) is 0.167. The maximum Gasteiger partial charge on any atom is 0.180 e. The summed E-state index contributed by atoms with van der Waals surface area (Å²) in [5.41, 5.74) is 8.65. The molecule has 0 aliphatic heterocycles. The van der Waals surface area contributed by atoms with Gasteiger partial charge in [0.2, 0.25) is 0 Å². The van der Waals surface area contributed by atoms with Gasteiger partial charge in [-0.05, 0) is 48.4 Å². The molecule has 0 radical (unpaired) electrons. The van der Waals surface area contributed by atoms with Crippen molar-refractivity contribution < 1.29 is 9.47 Å². The third-order valence-corrected chi connectivity index (χ3v) is 5.86. The summed E-state index contributed by atoms with van der Waals surface area (Å²) >= 11 is 13.9. The summed E-state index contributed by atoms with van der Waals surface area (Å²) in [6.07, 6.45) is 1.62. The molecule has 166 valence electrons. The van der Waals surface area contributed by atoms with Gasteiger partial charge in [-0.15, -0.1) is 5.10 Å². The van der Waals surface area contributed by atoms with Gasteiger partial charge in [0.05, 0.1) is 12.8 Å². The van der Waals surface area contributed by atoms with E-state index in [4.69, 9.17) is 38.4 Å². The minimum absolute atomic E-state index is 0.228. The fourth-order valence-electron chi connectivity index (χ4n) is 2.73. The molecule has 8 heteroatoms. The molecule has 0 aliphatic carbocycles. The first kappa shape index (κ1) is 24.0. The lowest BCUT2D eigenvalue weighted by atomic mass is 10.2. The molecule has 3 rings (SSSR count). The molecule has 0 aliphatic rings. The minimum Gasteiger partial charge on any atom is -0.490 e. The van der Waals surface area contributed by atoms with Crippen LogP contribution in [0.5, 0.6) is 11.5 Å². The van der Waals surface area contributed by atoms with E-state index in [0.29, 0.717) is 33.3 Å². The van der Waals surface area contributed by atoms with E-state index < -0.39 is 0 Å². The Morgan fingerprint density at radius 1 is 0.969 bits per heavy atom. The molecule has 3 aromatic carbocycles. The highest BCUT2D eigenvalue weighted by Crippen LogP contribution is 2.31. The first-order valence-electron chi connectivity index (χ1n) is 9.92. The van der Waals surface area contributed by atoms with E-state index in [-0.39, 0.29) is 6.61 Å². The zero-order chi connectivity index (χ0) is 22.8. The van der Waals surface area contributed by atoms with Crippen LogP contribution >= 0.6 is 35.0 Å². The van der Waals surface area contributed by atoms with Crippen molar-refractivity contribution in [2.45, 2.75) is 19.3 Å². The van der Waals surface area contributed by atoms with E-state index in [9.17, 15) is 0 Å². The normalized spacial score (nSPS) is 11.7.